The molecule has 0 amide bonds. The van der Waals surface area contributed by atoms with E-state index in [9.17, 15) is 19.8 Å². The summed E-state index contributed by atoms with van der Waals surface area (Å²) in [7, 11) is 0. The van der Waals surface area contributed by atoms with E-state index in [0.717, 1.165) is 0 Å². The molecule has 2 rings (SSSR count). The smallest absolute Gasteiger partial charge is 0.232 e. The van der Waals surface area contributed by atoms with Crippen molar-refractivity contribution in [3.8, 4) is 0 Å². The number of carboxylic acids is 2. The third-order valence-electron chi connectivity index (χ3n) is 2.70. The second-order valence-electron chi connectivity index (χ2n) is 4.33. The van der Waals surface area contributed by atoms with Crippen molar-refractivity contribution in [2.24, 2.45) is 0 Å². The van der Waals surface area contributed by atoms with Crippen molar-refractivity contribution in [1.29, 1.82) is 0 Å². The predicted octanol–water partition coefficient (Wildman–Crippen LogP) is -3.97. The molecule has 120 valence electrons. The van der Waals surface area contributed by atoms with Crippen molar-refractivity contribution < 1.29 is 24.5 Å². The standard InChI is InChI=1S/C11H16N6O5/c18-7(19)5-12-9-14-10(13-6-8(20)21)16-11(15-9)17-1-3-22-4-2-17/h1-6H2,(H,18,19)(H,20,21)(H2,12,13,14,15,16)/p-2. The molecule has 1 aromatic rings. The first-order valence-electron chi connectivity index (χ1n) is 6.51. The van der Waals surface area contributed by atoms with E-state index in [2.05, 4.69) is 25.6 Å². The van der Waals surface area contributed by atoms with Crippen molar-refractivity contribution in [3.05, 3.63) is 0 Å². The van der Waals surface area contributed by atoms with Gasteiger partial charge >= 0.3 is 0 Å². The number of hydrogen-bond acceptors (Lipinski definition) is 11. The summed E-state index contributed by atoms with van der Waals surface area (Å²) < 4.78 is 5.22. The summed E-state index contributed by atoms with van der Waals surface area (Å²) in [5.74, 6) is -2.35. The number of carbonyl (C=O) groups excluding carboxylic acids is 2. The Morgan fingerprint density at radius 1 is 1.00 bits per heavy atom. The van der Waals surface area contributed by atoms with Crippen molar-refractivity contribution in [2.45, 2.75) is 0 Å². The van der Waals surface area contributed by atoms with Crippen LogP contribution in [0, 0.1) is 0 Å². The van der Waals surface area contributed by atoms with Gasteiger partial charge in [0.1, 0.15) is 0 Å². The summed E-state index contributed by atoms with van der Waals surface area (Å²) in [6.07, 6.45) is 0. The Kier molecular flexibility index (Phi) is 5.25. The Bertz CT molecular complexity index is 512. The lowest BCUT2D eigenvalue weighted by Crippen LogP contribution is -2.38. The molecule has 1 aromatic heterocycles. The summed E-state index contributed by atoms with van der Waals surface area (Å²) in [5.41, 5.74) is 0. The van der Waals surface area contributed by atoms with Gasteiger partial charge in [-0.05, 0) is 0 Å². The molecule has 0 bridgehead atoms. The second kappa shape index (κ2) is 7.36. The minimum Gasteiger partial charge on any atom is -0.548 e. The van der Waals surface area contributed by atoms with Gasteiger partial charge in [-0.3, -0.25) is 0 Å². The summed E-state index contributed by atoms with van der Waals surface area (Å²) in [5, 5.41) is 25.9. The summed E-state index contributed by atoms with van der Waals surface area (Å²) >= 11 is 0. The SMILES string of the molecule is O=C([O-])CNc1nc(NCC(=O)[O-])nc(N2CCOCC2)n1. The van der Waals surface area contributed by atoms with Crippen LogP contribution in [-0.4, -0.2) is 66.3 Å². The molecule has 0 atom stereocenters. The monoisotopic (exact) mass is 310 g/mol. The predicted molar refractivity (Wildman–Crippen MR) is 69.9 cm³/mol. The van der Waals surface area contributed by atoms with Crippen LogP contribution in [0.4, 0.5) is 17.8 Å². The molecular weight excluding hydrogens is 296 g/mol. The maximum Gasteiger partial charge on any atom is 0.232 e. The highest BCUT2D eigenvalue weighted by molar-refractivity contribution is 5.70. The van der Waals surface area contributed by atoms with Gasteiger partial charge in [0.2, 0.25) is 17.8 Å². The number of aromatic nitrogens is 3. The fraction of sp³-hybridized carbons (Fsp3) is 0.545. The van der Waals surface area contributed by atoms with Crippen molar-refractivity contribution in [1.82, 2.24) is 15.0 Å². The third-order valence-corrected chi connectivity index (χ3v) is 2.70. The number of morpholine rings is 1. The van der Waals surface area contributed by atoms with Gasteiger partial charge in [-0.1, -0.05) is 0 Å². The molecular formula is C11H14N6O5-2. The van der Waals surface area contributed by atoms with Crippen molar-refractivity contribution in [3.63, 3.8) is 0 Å². The number of anilines is 3. The molecule has 1 aliphatic heterocycles. The molecule has 2 heterocycles. The number of nitrogens with zero attached hydrogens (tertiary/aromatic N) is 4. The van der Waals surface area contributed by atoms with E-state index in [1.54, 1.807) is 0 Å². The van der Waals surface area contributed by atoms with Gasteiger partial charge in [0.05, 0.1) is 38.2 Å². The highest BCUT2D eigenvalue weighted by Gasteiger charge is 2.16. The minimum atomic E-state index is -1.32. The minimum absolute atomic E-state index is 0.00143. The normalized spacial score (nSPS) is 14.5. The summed E-state index contributed by atoms with van der Waals surface area (Å²) in [4.78, 5) is 34.9. The number of carboxylic acid groups (broad SMARTS) is 2. The number of hydrogen-bond donors (Lipinski definition) is 2. The lowest BCUT2D eigenvalue weighted by molar-refractivity contribution is -0.304. The first-order chi connectivity index (χ1) is 10.5. The van der Waals surface area contributed by atoms with Crippen LogP contribution in [0.25, 0.3) is 0 Å². The van der Waals surface area contributed by atoms with Gasteiger partial charge in [-0.2, -0.15) is 15.0 Å². The Labute approximate surface area is 125 Å². The summed E-state index contributed by atoms with van der Waals surface area (Å²) in [6.45, 7) is 1.18. The molecule has 0 aromatic carbocycles. The average molecular weight is 310 g/mol. The fourth-order valence-electron chi connectivity index (χ4n) is 1.73. The Balaban J connectivity index is 2.17. The van der Waals surface area contributed by atoms with Crippen molar-refractivity contribution >= 4 is 29.8 Å². The van der Waals surface area contributed by atoms with Crippen LogP contribution in [0.3, 0.4) is 0 Å². The Morgan fingerprint density at radius 3 is 1.95 bits per heavy atom. The molecule has 1 saturated heterocycles. The third kappa shape index (κ3) is 4.70. The maximum absolute atomic E-state index is 10.5. The highest BCUT2D eigenvalue weighted by atomic mass is 16.5. The van der Waals surface area contributed by atoms with Gasteiger partial charge in [0.25, 0.3) is 0 Å². The zero-order valence-electron chi connectivity index (χ0n) is 11.6. The van der Waals surface area contributed by atoms with E-state index in [1.165, 1.54) is 0 Å². The molecule has 1 fully saturated rings. The first-order valence-corrected chi connectivity index (χ1v) is 6.51. The number of nitrogens with one attached hydrogen (secondary N) is 2. The fourth-order valence-corrected chi connectivity index (χ4v) is 1.73. The lowest BCUT2D eigenvalue weighted by Gasteiger charge is -2.27. The van der Waals surface area contributed by atoms with E-state index in [4.69, 9.17) is 4.74 Å². The zero-order chi connectivity index (χ0) is 15.9. The molecule has 0 unspecified atom stereocenters. The van der Waals surface area contributed by atoms with Crippen LogP contribution in [0.5, 0.6) is 0 Å². The molecule has 11 nitrogen and oxygen atoms in total. The molecule has 1 aliphatic rings. The van der Waals surface area contributed by atoms with E-state index in [1.807, 2.05) is 4.90 Å². The molecule has 22 heavy (non-hydrogen) atoms. The van der Waals surface area contributed by atoms with Crippen LogP contribution in [0.1, 0.15) is 0 Å². The lowest BCUT2D eigenvalue weighted by atomic mass is 10.4. The van der Waals surface area contributed by atoms with Gasteiger partial charge in [0.15, 0.2) is 0 Å². The average Bonchev–Trinajstić information content (AvgIpc) is 2.51. The highest BCUT2D eigenvalue weighted by Crippen LogP contribution is 2.14. The van der Waals surface area contributed by atoms with Crippen LogP contribution in [-0.2, 0) is 14.3 Å². The first kappa shape index (κ1) is 15.7. The number of aliphatic carboxylic acids is 2. The van der Waals surface area contributed by atoms with Gasteiger partial charge in [-0.25, -0.2) is 0 Å². The van der Waals surface area contributed by atoms with Crippen LogP contribution >= 0.6 is 0 Å². The van der Waals surface area contributed by atoms with E-state index in [-0.39, 0.29) is 11.9 Å². The number of ether oxygens (including phenoxy) is 1. The van der Waals surface area contributed by atoms with E-state index >= 15 is 0 Å². The quantitative estimate of drug-likeness (QED) is 0.506. The Hall–Kier alpha value is -2.69. The number of rotatable bonds is 7. The molecule has 0 aliphatic carbocycles. The summed E-state index contributed by atoms with van der Waals surface area (Å²) in [6, 6.07) is 0. The molecule has 11 heteroatoms. The molecule has 0 saturated carbocycles. The largest absolute Gasteiger partial charge is 0.548 e. The van der Waals surface area contributed by atoms with Gasteiger partial charge in [-0.15, -0.1) is 0 Å². The van der Waals surface area contributed by atoms with Crippen LogP contribution in [0.2, 0.25) is 0 Å². The Morgan fingerprint density at radius 2 is 1.50 bits per heavy atom. The van der Waals surface area contributed by atoms with Gasteiger partial charge in [0, 0.05) is 13.1 Å². The van der Waals surface area contributed by atoms with Crippen LogP contribution in [0.15, 0.2) is 0 Å². The van der Waals surface area contributed by atoms with Crippen molar-refractivity contribution in [2.75, 3.05) is 54.9 Å². The molecule has 0 spiro atoms. The second-order valence-corrected chi connectivity index (χ2v) is 4.33. The zero-order valence-corrected chi connectivity index (χ0v) is 11.6. The van der Waals surface area contributed by atoms with E-state index in [0.29, 0.717) is 32.3 Å². The molecule has 0 radical (unpaired) electrons. The maximum atomic E-state index is 10.5. The topological polar surface area (TPSA) is 155 Å². The van der Waals surface area contributed by atoms with E-state index < -0.39 is 25.0 Å². The van der Waals surface area contributed by atoms with Crippen LogP contribution < -0.4 is 25.7 Å². The van der Waals surface area contributed by atoms with Gasteiger partial charge < -0.3 is 40.1 Å². The number of carbonyl (C=O) groups is 2. The molecule has 2 N–H and O–H groups in total.